The summed E-state index contributed by atoms with van der Waals surface area (Å²) >= 11 is 0. The van der Waals surface area contributed by atoms with Gasteiger partial charge in [0.2, 0.25) is 0 Å². The molecule has 24 valence electrons. The van der Waals surface area contributed by atoms with Crippen LogP contribution >= 0.6 is 0 Å². The van der Waals surface area contributed by atoms with E-state index in [9.17, 15) is 0 Å². The summed E-state index contributed by atoms with van der Waals surface area (Å²) in [6.45, 7) is 6.50. The molecule has 0 aromatic heterocycles. The van der Waals surface area contributed by atoms with Crippen molar-refractivity contribution in [3.8, 4) is 0 Å². The third-order valence-electron chi connectivity index (χ3n) is 0. The van der Waals surface area contributed by atoms with Crippen LogP contribution in [0.4, 0.5) is 0 Å². The molecule has 0 unspecified atom stereocenters. The Morgan fingerprint density at radius 2 is 1.75 bits per heavy atom. The van der Waals surface area contributed by atoms with Gasteiger partial charge in [0, 0.05) is 21.1 Å². The Morgan fingerprint density at radius 1 is 1.75 bits per heavy atom. The molecule has 0 aliphatic carbocycles. The Labute approximate surface area is 41.2 Å². The molecule has 0 atom stereocenters. The van der Waals surface area contributed by atoms with Gasteiger partial charge < -0.3 is 6.58 Å². The van der Waals surface area contributed by atoms with Crippen molar-refractivity contribution in [2.75, 3.05) is 0 Å². The van der Waals surface area contributed by atoms with E-state index in [1.165, 1.54) is 6.08 Å². The Kier molecular flexibility index (Phi) is 21.9. The smallest absolute Gasteiger partial charge is 0 e. The number of hydrogen-bond acceptors (Lipinski definition) is 0. The predicted octanol–water partition coefficient (Wildman–Crippen LogP) is 0.993. The minimum absolute atomic E-state index is 0. The van der Waals surface area contributed by atoms with Gasteiger partial charge in [0.15, 0.2) is 0 Å². The van der Waals surface area contributed by atoms with Gasteiger partial charge in [-0.15, -0.1) is 0 Å². The summed E-state index contributed by atoms with van der Waals surface area (Å²) in [5.41, 5.74) is 0. The fourth-order valence-electron chi connectivity index (χ4n) is 0. The second kappa shape index (κ2) is 9.91. The minimum Gasteiger partial charge on any atom is -0.518 e. The maximum Gasteiger partial charge on any atom is 0 e. The quantitative estimate of drug-likeness (QED) is 0.539. The second-order valence-electron chi connectivity index (χ2n) is 0.333. The van der Waals surface area contributed by atoms with E-state index < -0.39 is 0 Å². The van der Waals surface area contributed by atoms with E-state index in [1.807, 2.05) is 0 Å². The van der Waals surface area contributed by atoms with E-state index in [0.29, 0.717) is 0 Å². The zero-order chi connectivity index (χ0) is 2.71. The Bertz CT molecular complexity index is 10.8. The standard InChI is InChI=1S/C3H5.W/c1-3-2;/h1,3H,2H3;/q-1;. The zero-order valence-electron chi connectivity index (χ0n) is 2.56. The van der Waals surface area contributed by atoms with Crippen LogP contribution in [0.5, 0.6) is 0 Å². The van der Waals surface area contributed by atoms with Gasteiger partial charge in [0.25, 0.3) is 0 Å². The molecule has 1 heteroatoms. The first kappa shape index (κ1) is 8.83. The number of allylic oxidation sites excluding steroid dienone is 1. The van der Waals surface area contributed by atoms with Crippen molar-refractivity contribution < 1.29 is 21.1 Å². The largest absolute Gasteiger partial charge is 0.518 e. The molecule has 0 aromatic carbocycles. The van der Waals surface area contributed by atoms with Crippen LogP contribution in [-0.2, 0) is 21.1 Å². The van der Waals surface area contributed by atoms with Gasteiger partial charge in [-0.3, -0.25) is 6.08 Å². The number of rotatable bonds is 0. The summed E-state index contributed by atoms with van der Waals surface area (Å²) < 4.78 is 0. The van der Waals surface area contributed by atoms with Gasteiger partial charge in [0.05, 0.1) is 0 Å². The molecule has 0 amide bonds. The van der Waals surface area contributed by atoms with E-state index in [4.69, 9.17) is 6.58 Å². The molecule has 0 fully saturated rings. The summed E-state index contributed by atoms with van der Waals surface area (Å²) in [6.07, 6.45) is 1.50. The third kappa shape index (κ3) is 27.0. The second-order valence-corrected chi connectivity index (χ2v) is 0.333. The van der Waals surface area contributed by atoms with Gasteiger partial charge in [-0.05, 0) is 0 Å². The average molecular weight is 225 g/mol. The fourth-order valence-corrected chi connectivity index (χ4v) is 0. The molecule has 0 spiro atoms. The molecule has 0 N–H and O–H groups in total. The topological polar surface area (TPSA) is 0 Å². The fraction of sp³-hybridized carbons (Fsp3) is 0.333. The number of hydrogen-bond donors (Lipinski definition) is 0. The van der Waals surface area contributed by atoms with Gasteiger partial charge in [-0.25, -0.2) is 0 Å². The van der Waals surface area contributed by atoms with Gasteiger partial charge >= 0.3 is 0 Å². The average Bonchev–Trinajstić information content (AvgIpc) is 0.918. The molecule has 0 saturated heterocycles. The maximum absolute atomic E-state index is 4.72. The predicted molar refractivity (Wildman–Crippen MR) is 14.5 cm³/mol. The molecular formula is C3H5W-. The Balaban J connectivity index is 0. The van der Waals surface area contributed by atoms with Crippen LogP contribution in [0.1, 0.15) is 6.92 Å². The zero-order valence-corrected chi connectivity index (χ0v) is 5.50. The Hall–Kier alpha value is 0.428. The van der Waals surface area contributed by atoms with E-state index in [1.54, 1.807) is 6.92 Å². The van der Waals surface area contributed by atoms with Gasteiger partial charge in [-0.1, -0.05) is 6.92 Å². The summed E-state index contributed by atoms with van der Waals surface area (Å²) in [6, 6.07) is 0. The van der Waals surface area contributed by atoms with Gasteiger partial charge in [-0.2, -0.15) is 0 Å². The van der Waals surface area contributed by atoms with Crippen LogP contribution in [0.2, 0.25) is 0 Å². The van der Waals surface area contributed by atoms with E-state index in [2.05, 4.69) is 0 Å². The molecule has 4 heavy (non-hydrogen) atoms. The first-order valence-corrected chi connectivity index (χ1v) is 0.911. The van der Waals surface area contributed by atoms with Crippen molar-refractivity contribution in [3.05, 3.63) is 12.7 Å². The van der Waals surface area contributed by atoms with Crippen LogP contribution < -0.4 is 0 Å². The van der Waals surface area contributed by atoms with Crippen molar-refractivity contribution in [2.24, 2.45) is 0 Å². The first-order chi connectivity index (χ1) is 1.41. The third-order valence-corrected chi connectivity index (χ3v) is 0. The molecule has 0 rings (SSSR count). The normalized spacial score (nSPS) is 3.25. The summed E-state index contributed by atoms with van der Waals surface area (Å²) in [5.74, 6) is 0. The monoisotopic (exact) mass is 225 g/mol. The summed E-state index contributed by atoms with van der Waals surface area (Å²) in [5, 5.41) is 0. The molecular weight excluding hydrogens is 220 g/mol. The minimum atomic E-state index is 0. The van der Waals surface area contributed by atoms with E-state index in [0.717, 1.165) is 0 Å². The van der Waals surface area contributed by atoms with Crippen molar-refractivity contribution in [1.82, 2.24) is 0 Å². The SMILES string of the molecule is [CH-]=CC.[W]. The van der Waals surface area contributed by atoms with Crippen LogP contribution in [-0.4, -0.2) is 0 Å². The molecule has 0 heterocycles. The molecule has 0 nitrogen and oxygen atoms in total. The van der Waals surface area contributed by atoms with Gasteiger partial charge in [0.1, 0.15) is 0 Å². The molecule has 0 aromatic rings. The maximum atomic E-state index is 4.72. The van der Waals surface area contributed by atoms with E-state index >= 15 is 0 Å². The van der Waals surface area contributed by atoms with Crippen LogP contribution in [0.25, 0.3) is 0 Å². The van der Waals surface area contributed by atoms with Crippen molar-refractivity contribution in [1.29, 1.82) is 0 Å². The van der Waals surface area contributed by atoms with Crippen LogP contribution in [0.15, 0.2) is 6.08 Å². The molecule has 0 aliphatic rings. The summed E-state index contributed by atoms with van der Waals surface area (Å²) in [4.78, 5) is 0. The van der Waals surface area contributed by atoms with E-state index in [-0.39, 0.29) is 21.1 Å². The van der Waals surface area contributed by atoms with Crippen LogP contribution in [0.3, 0.4) is 0 Å². The van der Waals surface area contributed by atoms with Crippen molar-refractivity contribution in [3.63, 3.8) is 0 Å². The summed E-state index contributed by atoms with van der Waals surface area (Å²) in [7, 11) is 0. The molecule has 0 aliphatic heterocycles. The Morgan fingerprint density at radius 3 is 1.75 bits per heavy atom. The van der Waals surface area contributed by atoms with Crippen molar-refractivity contribution in [2.45, 2.75) is 6.92 Å². The first-order valence-electron chi connectivity index (χ1n) is 0.911. The molecule has 0 bridgehead atoms. The van der Waals surface area contributed by atoms with Crippen LogP contribution in [0, 0.1) is 6.58 Å². The molecule has 0 radical (unpaired) electrons. The van der Waals surface area contributed by atoms with Crippen molar-refractivity contribution >= 4 is 0 Å². The molecule has 0 saturated carbocycles.